The number of carbonyl (C=O) groups is 1. The van der Waals surface area contributed by atoms with Gasteiger partial charge in [-0.05, 0) is 112 Å². The second-order valence-electron chi connectivity index (χ2n) is 13.6. The molecule has 1 atom stereocenters. The third kappa shape index (κ3) is 5.47. The Morgan fingerprint density at radius 1 is 0.932 bits per heavy atom. The van der Waals surface area contributed by atoms with Gasteiger partial charge in [-0.25, -0.2) is 0 Å². The van der Waals surface area contributed by atoms with Crippen LogP contribution in [0.5, 0.6) is 11.5 Å². The van der Waals surface area contributed by atoms with E-state index in [1.54, 1.807) is 14.2 Å². The van der Waals surface area contributed by atoms with Crippen molar-refractivity contribution < 1.29 is 18.7 Å². The molecule has 0 saturated carbocycles. The molecule has 5 nitrogen and oxygen atoms in total. The van der Waals surface area contributed by atoms with Gasteiger partial charge < -0.3 is 18.8 Å². The molecule has 3 aromatic carbocycles. The Labute approximate surface area is 269 Å². The summed E-state index contributed by atoms with van der Waals surface area (Å²) in [6, 6.07) is 20.5. The highest BCUT2D eigenvalue weighted by atomic mass is 79.9. The number of rotatable bonds is 6. The Morgan fingerprint density at radius 2 is 1.61 bits per heavy atom. The Balaban J connectivity index is 1.33. The van der Waals surface area contributed by atoms with E-state index in [0.29, 0.717) is 36.6 Å². The van der Waals surface area contributed by atoms with Crippen LogP contribution >= 0.6 is 15.9 Å². The Morgan fingerprint density at radius 3 is 2.30 bits per heavy atom. The van der Waals surface area contributed by atoms with Gasteiger partial charge in [-0.2, -0.15) is 0 Å². The highest BCUT2D eigenvalue weighted by Crippen LogP contribution is 2.47. The Kier molecular flexibility index (Phi) is 7.94. The van der Waals surface area contributed by atoms with E-state index in [1.807, 2.05) is 41.3 Å². The first-order chi connectivity index (χ1) is 20.9. The van der Waals surface area contributed by atoms with E-state index in [9.17, 15) is 4.79 Å². The summed E-state index contributed by atoms with van der Waals surface area (Å²) < 4.78 is 18.5. The Hall–Kier alpha value is -3.51. The number of fused-ring (bicyclic) bond motifs is 2. The number of hydrogen-bond acceptors (Lipinski definition) is 4. The van der Waals surface area contributed by atoms with Crippen LogP contribution in [0.2, 0.25) is 0 Å². The number of furan rings is 1. The van der Waals surface area contributed by atoms with Crippen LogP contribution in [-0.4, -0.2) is 31.6 Å². The van der Waals surface area contributed by atoms with Crippen molar-refractivity contribution in [3.63, 3.8) is 0 Å². The van der Waals surface area contributed by atoms with Crippen molar-refractivity contribution in [1.29, 1.82) is 0 Å². The molecule has 1 aromatic heterocycles. The van der Waals surface area contributed by atoms with Crippen LogP contribution in [0.15, 0.2) is 69.6 Å². The lowest BCUT2D eigenvalue weighted by Crippen LogP contribution is -2.40. The van der Waals surface area contributed by atoms with E-state index in [4.69, 9.17) is 13.9 Å². The van der Waals surface area contributed by atoms with Crippen molar-refractivity contribution in [2.45, 2.75) is 77.2 Å². The molecular formula is C38H42BrNO4. The fourth-order valence-corrected chi connectivity index (χ4v) is 7.49. The topological polar surface area (TPSA) is 51.9 Å². The second-order valence-corrected chi connectivity index (χ2v) is 14.6. The van der Waals surface area contributed by atoms with Gasteiger partial charge in [-0.3, -0.25) is 4.79 Å². The van der Waals surface area contributed by atoms with Gasteiger partial charge in [0, 0.05) is 17.4 Å². The van der Waals surface area contributed by atoms with Gasteiger partial charge in [0.05, 0.1) is 20.3 Å². The summed E-state index contributed by atoms with van der Waals surface area (Å²) >= 11 is 3.63. The zero-order chi connectivity index (χ0) is 31.4. The smallest absolute Gasteiger partial charge is 0.290 e. The predicted octanol–water partition coefficient (Wildman–Crippen LogP) is 9.10. The first kappa shape index (κ1) is 30.5. The lowest BCUT2D eigenvalue weighted by Gasteiger charge is -2.42. The number of methoxy groups -OCH3 is 2. The minimum atomic E-state index is -0.300. The number of halogens is 1. The van der Waals surface area contributed by atoms with Gasteiger partial charge in [-0.1, -0.05) is 67.9 Å². The molecule has 6 heteroatoms. The molecule has 4 aromatic rings. The SMILES string of the molecule is COc1cc2c(cc1OC)C(c1cccc(Br)c1)N(C(=O)c1ccc(Cc3cc4c(cc3C)C(C)(C)CCC4(C)C)o1)CC2. The lowest BCUT2D eigenvalue weighted by molar-refractivity contribution is 0.0659. The van der Waals surface area contributed by atoms with Crippen molar-refractivity contribution in [3.05, 3.63) is 116 Å². The summed E-state index contributed by atoms with van der Waals surface area (Å²) in [7, 11) is 3.29. The molecule has 2 heterocycles. The van der Waals surface area contributed by atoms with Crippen molar-refractivity contribution in [1.82, 2.24) is 4.90 Å². The average Bonchev–Trinajstić information content (AvgIpc) is 3.47. The molecule has 0 bridgehead atoms. The lowest BCUT2D eigenvalue weighted by atomic mass is 9.62. The summed E-state index contributed by atoms with van der Waals surface area (Å²) in [5, 5.41) is 0. The van der Waals surface area contributed by atoms with Crippen LogP contribution in [0, 0.1) is 6.92 Å². The zero-order valence-corrected chi connectivity index (χ0v) is 28.4. The highest BCUT2D eigenvalue weighted by Gasteiger charge is 2.38. The molecule has 0 spiro atoms. The second kappa shape index (κ2) is 11.4. The fraction of sp³-hybridized carbons (Fsp3) is 0.395. The van der Waals surface area contributed by atoms with Gasteiger partial charge in [0.15, 0.2) is 17.3 Å². The maximum atomic E-state index is 14.2. The van der Waals surface area contributed by atoms with Gasteiger partial charge in [0.1, 0.15) is 5.76 Å². The van der Waals surface area contributed by atoms with E-state index < -0.39 is 0 Å². The van der Waals surface area contributed by atoms with Crippen molar-refractivity contribution >= 4 is 21.8 Å². The van der Waals surface area contributed by atoms with Gasteiger partial charge in [0.25, 0.3) is 5.91 Å². The molecule has 44 heavy (non-hydrogen) atoms. The van der Waals surface area contributed by atoms with E-state index >= 15 is 0 Å². The molecule has 1 amide bonds. The highest BCUT2D eigenvalue weighted by molar-refractivity contribution is 9.10. The van der Waals surface area contributed by atoms with Crippen LogP contribution in [-0.2, 0) is 23.7 Å². The molecule has 0 saturated heterocycles. The van der Waals surface area contributed by atoms with Crippen LogP contribution in [0.25, 0.3) is 0 Å². The fourth-order valence-electron chi connectivity index (χ4n) is 7.08. The molecule has 1 aliphatic heterocycles. The maximum absolute atomic E-state index is 14.2. The van der Waals surface area contributed by atoms with Crippen LogP contribution in [0.1, 0.15) is 102 Å². The molecule has 1 unspecified atom stereocenters. The molecule has 230 valence electrons. The number of amides is 1. The normalized spacial score (nSPS) is 18.4. The van der Waals surface area contributed by atoms with Crippen LogP contribution in [0.3, 0.4) is 0 Å². The van der Waals surface area contributed by atoms with E-state index in [-0.39, 0.29) is 22.8 Å². The molecule has 2 aliphatic rings. The Bertz CT molecular complexity index is 1730. The first-order valence-corrected chi connectivity index (χ1v) is 16.3. The minimum absolute atomic E-state index is 0.119. The number of aryl methyl sites for hydroxylation is 1. The zero-order valence-electron chi connectivity index (χ0n) is 26.8. The summed E-state index contributed by atoms with van der Waals surface area (Å²) in [6.45, 7) is 12.2. The number of benzene rings is 3. The van der Waals surface area contributed by atoms with Crippen molar-refractivity contribution in [2.24, 2.45) is 0 Å². The monoisotopic (exact) mass is 655 g/mol. The third-order valence-corrected chi connectivity index (χ3v) is 10.3. The van der Waals surface area contributed by atoms with Crippen LogP contribution < -0.4 is 9.47 Å². The standard InChI is InChI=1S/C38H42BrNO4/c1-23-17-30-31(38(4,5)15-14-37(30,2)3)20-26(23)19-28-11-12-32(44-28)36(41)40-16-13-24-21-33(42-6)34(43-7)22-29(24)35(40)25-9-8-10-27(39)18-25/h8-12,17-18,20-22,35H,13-16,19H2,1-7H3. The van der Waals surface area contributed by atoms with E-state index in [0.717, 1.165) is 26.9 Å². The number of nitrogens with zero attached hydrogens (tertiary/aromatic N) is 1. The summed E-state index contributed by atoms with van der Waals surface area (Å²) in [4.78, 5) is 16.1. The largest absolute Gasteiger partial charge is 0.493 e. The molecular weight excluding hydrogens is 614 g/mol. The van der Waals surface area contributed by atoms with Gasteiger partial charge in [-0.15, -0.1) is 0 Å². The molecule has 0 N–H and O–H groups in total. The third-order valence-electron chi connectivity index (χ3n) is 9.85. The maximum Gasteiger partial charge on any atom is 0.290 e. The van der Waals surface area contributed by atoms with Gasteiger partial charge >= 0.3 is 0 Å². The molecule has 0 radical (unpaired) electrons. The summed E-state index contributed by atoms with van der Waals surface area (Å²) in [6.07, 6.45) is 3.72. The summed E-state index contributed by atoms with van der Waals surface area (Å²) in [5.41, 5.74) is 8.92. The van der Waals surface area contributed by atoms with Gasteiger partial charge in [0.2, 0.25) is 0 Å². The molecule has 6 rings (SSSR count). The van der Waals surface area contributed by atoms with E-state index in [1.165, 1.54) is 35.1 Å². The van der Waals surface area contributed by atoms with Crippen molar-refractivity contribution in [2.75, 3.05) is 20.8 Å². The molecule has 1 aliphatic carbocycles. The summed E-state index contributed by atoms with van der Waals surface area (Å²) in [5.74, 6) is 2.38. The minimum Gasteiger partial charge on any atom is -0.493 e. The van der Waals surface area contributed by atoms with Crippen molar-refractivity contribution in [3.8, 4) is 11.5 Å². The first-order valence-electron chi connectivity index (χ1n) is 15.5. The predicted molar refractivity (Wildman–Crippen MR) is 178 cm³/mol. The average molecular weight is 657 g/mol. The van der Waals surface area contributed by atoms with E-state index in [2.05, 4.69) is 74.8 Å². The number of hydrogen-bond donors (Lipinski definition) is 0. The quantitative estimate of drug-likeness (QED) is 0.208. The number of ether oxygens (including phenoxy) is 2. The molecule has 0 fully saturated rings. The number of carbonyl (C=O) groups excluding carboxylic acids is 1. The van der Waals surface area contributed by atoms with Crippen LogP contribution in [0.4, 0.5) is 0 Å².